The monoisotopic (exact) mass is 995 g/mol. The van der Waals surface area contributed by atoms with Gasteiger partial charge in [-0.1, -0.05) is 34.6 Å². The van der Waals surface area contributed by atoms with Crippen LogP contribution in [0.1, 0.15) is 126 Å². The third-order valence-corrected chi connectivity index (χ3v) is 16.8. The first kappa shape index (κ1) is 55.2. The zero-order chi connectivity index (χ0) is 52.3. The van der Waals surface area contributed by atoms with Crippen molar-refractivity contribution in [2.75, 3.05) is 49.8 Å². The van der Waals surface area contributed by atoms with E-state index in [0.717, 1.165) is 0 Å². The lowest BCUT2D eigenvalue weighted by Gasteiger charge is -2.48. The van der Waals surface area contributed by atoms with E-state index in [1.165, 1.54) is 49.8 Å². The van der Waals surface area contributed by atoms with Gasteiger partial charge in [0.1, 0.15) is 0 Å². The summed E-state index contributed by atoms with van der Waals surface area (Å²) in [5, 5.41) is 3.73. The summed E-state index contributed by atoms with van der Waals surface area (Å²) in [5.74, 6) is -5.67. The van der Waals surface area contributed by atoms with E-state index in [-0.39, 0.29) is 64.2 Å². The van der Waals surface area contributed by atoms with E-state index in [9.17, 15) is 33.6 Å². The van der Waals surface area contributed by atoms with Gasteiger partial charge < -0.3 is 38.5 Å². The lowest BCUT2D eigenvalue weighted by molar-refractivity contribution is -0.147. The van der Waals surface area contributed by atoms with Crippen LogP contribution < -0.4 is 5.32 Å². The van der Waals surface area contributed by atoms with Crippen molar-refractivity contribution < 1.29 is 66.7 Å². The Hall–Kier alpha value is -5.68. The SMILES string of the molecule is COC(=O)CC[14C@@H]1C2=C(C)C3=N[14C@H]([C@H](CC(=O)OC)[14C@@]3(C)CCC(=O)OC)[14C]3(C)N=C(/C(C)=[14C]4\NC(=C[14C](=N2)C1(C)C)[14C@@H](CCC(=O)OC)[C@]4(C)CC(=O)OC)[14C@@H](CCC(=O)OC)[C@]3(C)CC(=O)OC. The Bertz CT molecular complexity index is 2340. The second kappa shape index (κ2) is 21.4. The van der Waals surface area contributed by atoms with Crippen LogP contribution in [0.2, 0.25) is 0 Å². The van der Waals surface area contributed by atoms with E-state index in [4.69, 9.17) is 48.1 Å². The Labute approximate surface area is 411 Å². The van der Waals surface area contributed by atoms with Crippen LogP contribution in [0, 0.1) is 45.3 Å². The third kappa shape index (κ3) is 9.97. The maximum Gasteiger partial charge on any atom is 0.306 e. The first-order valence-corrected chi connectivity index (χ1v) is 24.0. The van der Waals surface area contributed by atoms with Crippen molar-refractivity contribution in [2.24, 2.45) is 60.3 Å². The highest BCUT2D eigenvalue weighted by molar-refractivity contribution is 6.10. The molecule has 0 aromatic heterocycles. The third-order valence-electron chi connectivity index (χ3n) is 16.8. The lowest BCUT2D eigenvalue weighted by Crippen LogP contribution is -2.55. The van der Waals surface area contributed by atoms with E-state index < -0.39 is 98.7 Å². The van der Waals surface area contributed by atoms with Gasteiger partial charge in [0, 0.05) is 105 Å². The van der Waals surface area contributed by atoms with Gasteiger partial charge in [0.05, 0.1) is 80.6 Å². The van der Waals surface area contributed by atoms with Gasteiger partial charge >= 0.3 is 41.8 Å². The summed E-state index contributed by atoms with van der Waals surface area (Å²) in [6, 6.07) is -0.888. The second-order valence-electron chi connectivity index (χ2n) is 20.7. The van der Waals surface area contributed by atoms with Gasteiger partial charge in [-0.25, -0.2) is 0 Å². The first-order valence-electron chi connectivity index (χ1n) is 24.0. The highest BCUT2D eigenvalue weighted by Crippen LogP contribution is 2.62. The first-order chi connectivity index (χ1) is 32.8. The summed E-state index contributed by atoms with van der Waals surface area (Å²) >= 11 is 0. The van der Waals surface area contributed by atoms with Crippen molar-refractivity contribution >= 4 is 58.9 Å². The smallest absolute Gasteiger partial charge is 0.306 e. The Morgan fingerprint density at radius 3 is 1.69 bits per heavy atom. The fourth-order valence-corrected chi connectivity index (χ4v) is 12.3. The zero-order valence-electron chi connectivity index (χ0n) is 43.8. The number of ether oxygens (including phenoxy) is 7. The molecule has 0 radical (unpaired) electrons. The molecule has 1 fully saturated rings. The normalized spacial score (nSPS) is 31.7. The van der Waals surface area contributed by atoms with E-state index in [2.05, 4.69) is 19.2 Å². The minimum atomic E-state index is -1.37. The van der Waals surface area contributed by atoms with Crippen LogP contribution in [0.5, 0.6) is 0 Å². The molecule has 1 N–H and O–H groups in total. The number of carbonyl (C=O) groups excluding carboxylic acids is 7. The summed E-state index contributed by atoms with van der Waals surface area (Å²) < 4.78 is 36.8. The van der Waals surface area contributed by atoms with Crippen molar-refractivity contribution in [3.05, 3.63) is 34.3 Å². The largest absolute Gasteiger partial charge is 0.469 e. The van der Waals surface area contributed by atoms with Gasteiger partial charge in [-0.3, -0.25) is 48.5 Å². The van der Waals surface area contributed by atoms with Gasteiger partial charge in [-0.2, -0.15) is 0 Å². The molecule has 5 heterocycles. The molecular formula is C52H74N4O14. The molecule has 5 aliphatic heterocycles. The van der Waals surface area contributed by atoms with Crippen LogP contribution >= 0.6 is 0 Å². The quantitative estimate of drug-likeness (QED) is 0.113. The van der Waals surface area contributed by atoms with E-state index in [1.54, 1.807) is 0 Å². The predicted molar refractivity (Wildman–Crippen MR) is 258 cm³/mol. The van der Waals surface area contributed by atoms with Crippen molar-refractivity contribution in [1.82, 2.24) is 5.32 Å². The molecule has 1 unspecified atom stereocenters. The average Bonchev–Trinajstić information content (AvgIpc) is 3.95. The summed E-state index contributed by atoms with van der Waals surface area (Å²) in [5.41, 5.74) is -0.483. The van der Waals surface area contributed by atoms with E-state index in [0.29, 0.717) is 51.8 Å². The van der Waals surface area contributed by atoms with Crippen LogP contribution in [0.3, 0.4) is 0 Å². The highest BCUT2D eigenvalue weighted by atomic mass is 16.5. The molecule has 9 atom stereocenters. The number of allylic oxidation sites excluding steroid dienone is 6. The number of nitrogens with one attached hydrogen (secondary N) is 1. The minimum Gasteiger partial charge on any atom is -0.469 e. The molecule has 0 saturated carbocycles. The predicted octanol–water partition coefficient (Wildman–Crippen LogP) is 6.54. The maximum absolute atomic E-state index is 14.0. The number of methoxy groups -OCH3 is 7. The van der Waals surface area contributed by atoms with Gasteiger partial charge in [0.2, 0.25) is 0 Å². The van der Waals surface area contributed by atoms with Crippen molar-refractivity contribution in [3.63, 3.8) is 0 Å². The molecule has 0 amide bonds. The van der Waals surface area contributed by atoms with Crippen molar-refractivity contribution in [1.29, 1.82) is 0 Å². The summed E-state index contributed by atoms with van der Waals surface area (Å²) in [7, 11) is 9.21. The molecule has 5 aliphatic rings. The number of nitrogens with zero attached hydrogens (tertiary/aromatic N) is 3. The number of hydrogen-bond acceptors (Lipinski definition) is 18. The molecule has 1 saturated heterocycles. The van der Waals surface area contributed by atoms with Gasteiger partial charge in [0.25, 0.3) is 0 Å². The Kier molecular flexibility index (Phi) is 16.9. The molecule has 18 nitrogen and oxygen atoms in total. The fourth-order valence-electron chi connectivity index (χ4n) is 12.3. The number of esters is 7. The van der Waals surface area contributed by atoms with Crippen LogP contribution in [-0.2, 0) is 66.7 Å². The Balaban J connectivity index is 2.05. The van der Waals surface area contributed by atoms with Crippen LogP contribution in [0.25, 0.3) is 0 Å². The molecule has 70 heavy (non-hydrogen) atoms. The lowest BCUT2D eigenvalue weighted by atomic mass is 10.0. The van der Waals surface area contributed by atoms with Crippen molar-refractivity contribution in [3.8, 4) is 0 Å². The number of carbonyl (C=O) groups is 7. The molecular weight excluding hydrogens is 921 g/mol. The average molecular weight is 995 g/mol. The van der Waals surface area contributed by atoms with E-state index >= 15 is 0 Å². The zero-order valence-corrected chi connectivity index (χ0v) is 43.8. The van der Waals surface area contributed by atoms with Gasteiger partial charge in [0.15, 0.2) is 0 Å². The highest BCUT2D eigenvalue weighted by Gasteiger charge is 2.66. The molecule has 0 spiro atoms. The minimum absolute atomic E-state index is 0.0103. The molecule has 8 bridgehead atoms. The Morgan fingerprint density at radius 2 is 1.16 bits per heavy atom. The number of aliphatic imine (C=N–C) groups is 3. The standard InChI is InChI=1S/C52H74N4O14/c1-28-43-31(17-20-37(58)65-10)48(3,4)35(54-43)25-34-30(16-19-36(57)64-9)50(6,26-41(62)69-14)46(53-34)29(2)44-32(18-21-38(59)66-11)51(7,27-42(63)70-15)52(8,56-44)47-33(24-40(61)68-13)49(5,45(28)55-47)23-22-39(60)67-12/h25,30-33,47,53H,16-24,26-27H2,1-15H3/b34-25?,43-28?,46-29-/t30-,31-,32-,33+,47-,49-,50+,51+,52?/m1/s1/i30+2,31+2,32+2,35+2,46+2,47+2,49+2,52+2. The molecule has 5 rings (SSSR count). The molecule has 0 aliphatic carbocycles. The number of fused-ring (bicyclic) bond motifs is 6. The van der Waals surface area contributed by atoms with Crippen molar-refractivity contribution in [2.45, 2.75) is 138 Å². The maximum atomic E-state index is 14.0. The molecule has 18 heteroatoms. The fraction of sp³-hybridized carbons (Fsp3) is 0.692. The van der Waals surface area contributed by atoms with E-state index in [1.807, 2.05) is 47.6 Å². The summed E-state index contributed by atoms with van der Waals surface area (Å²) in [4.78, 5) is 111. The second-order valence-corrected chi connectivity index (χ2v) is 20.7. The molecule has 386 valence electrons. The van der Waals surface area contributed by atoms with Gasteiger partial charge in [-0.05, 0) is 63.7 Å². The summed E-state index contributed by atoms with van der Waals surface area (Å²) in [6.45, 7) is 15.7. The topological polar surface area (TPSA) is 233 Å². The van der Waals surface area contributed by atoms with Gasteiger partial charge in [-0.15, -0.1) is 0 Å². The molecule has 0 aromatic carbocycles. The van der Waals surface area contributed by atoms with Crippen LogP contribution in [0.15, 0.2) is 49.3 Å². The summed E-state index contributed by atoms with van der Waals surface area (Å²) in [6.07, 6.45) is 2.42. The number of rotatable bonds is 18. The van der Waals surface area contributed by atoms with Crippen LogP contribution in [0.4, 0.5) is 0 Å². The molecule has 0 aromatic rings. The van der Waals surface area contributed by atoms with Crippen LogP contribution in [-0.4, -0.2) is 120 Å². The Morgan fingerprint density at radius 1 is 0.671 bits per heavy atom. The number of hydrogen-bond donors (Lipinski definition) is 1.